The van der Waals surface area contributed by atoms with Crippen LogP contribution >= 0.6 is 0 Å². The summed E-state index contributed by atoms with van der Waals surface area (Å²) in [5, 5.41) is -0.692. The molecule has 1 N–H and O–H groups in total. The number of carbonyl (C=O) groups excluding carboxylic acids is 1. The Balaban J connectivity index is -0.000000605. The fourth-order valence-electron chi connectivity index (χ4n) is 0.237. The third kappa shape index (κ3) is 6.23. The van der Waals surface area contributed by atoms with E-state index in [0.29, 0.717) is 0 Å². The Bertz CT molecular complexity index is 278. The summed E-state index contributed by atoms with van der Waals surface area (Å²) < 4.78 is 25.9. The van der Waals surface area contributed by atoms with Crippen LogP contribution in [0, 0.1) is 0 Å². The van der Waals surface area contributed by atoms with Crippen LogP contribution in [0.2, 0.25) is 0 Å². The van der Waals surface area contributed by atoms with E-state index in [1.54, 1.807) is 5.48 Å². The second kappa shape index (κ2) is 6.56. The van der Waals surface area contributed by atoms with Gasteiger partial charge in [0.1, 0.15) is 0 Å². The van der Waals surface area contributed by atoms with Crippen LogP contribution in [0.25, 0.3) is 0 Å². The fraction of sp³-hybridized carbons (Fsp3) is 0.500. The summed E-state index contributed by atoms with van der Waals surface area (Å²) in [7, 11) is -3.68. The molecular formula is C6H12NNaO4S. The van der Waals surface area contributed by atoms with Crippen LogP contribution in [0.1, 0.15) is 15.3 Å². The number of hydrogen-bond acceptors (Lipinski definition) is 4. The number of nitrogens with one attached hydrogen (secondary N) is 1. The Morgan fingerprint density at radius 2 is 2.08 bits per heavy atom. The number of rotatable bonds is 4. The predicted octanol–water partition coefficient (Wildman–Crippen LogP) is -2.93. The van der Waals surface area contributed by atoms with E-state index in [4.69, 9.17) is 0 Å². The molecule has 13 heavy (non-hydrogen) atoms. The molecule has 1 amide bonds. The van der Waals surface area contributed by atoms with Gasteiger partial charge in [-0.3, -0.25) is 4.79 Å². The summed E-state index contributed by atoms with van der Waals surface area (Å²) in [5.41, 5.74) is 1.71. The first kappa shape index (κ1) is 15.6. The summed E-state index contributed by atoms with van der Waals surface area (Å²) in [5.74, 6) is -0.695. The van der Waals surface area contributed by atoms with Crippen LogP contribution in [-0.4, -0.2) is 19.6 Å². The maximum absolute atomic E-state index is 10.9. The normalized spacial score (nSPS) is 10.4. The molecule has 0 bridgehead atoms. The Kier molecular flexibility index (Phi) is 7.86. The smallest absolute Gasteiger partial charge is 1.00 e. The van der Waals surface area contributed by atoms with Crippen molar-refractivity contribution in [3.63, 3.8) is 0 Å². The first-order valence-electron chi connectivity index (χ1n) is 3.25. The minimum absolute atomic E-state index is 0. The van der Waals surface area contributed by atoms with Gasteiger partial charge in [0.05, 0.1) is 5.25 Å². The summed E-state index contributed by atoms with van der Waals surface area (Å²) in [6.45, 7) is 6.00. The van der Waals surface area contributed by atoms with E-state index in [1.165, 1.54) is 13.8 Å². The molecule has 0 aromatic carbocycles. The van der Waals surface area contributed by atoms with Crippen LogP contribution in [0.5, 0.6) is 0 Å². The van der Waals surface area contributed by atoms with Crippen molar-refractivity contribution in [3.8, 4) is 0 Å². The van der Waals surface area contributed by atoms with Gasteiger partial charge in [0, 0.05) is 0 Å². The maximum atomic E-state index is 10.9. The van der Waals surface area contributed by atoms with E-state index in [9.17, 15) is 13.2 Å². The molecule has 0 aromatic rings. The first-order chi connectivity index (χ1) is 5.40. The van der Waals surface area contributed by atoms with Crippen molar-refractivity contribution in [3.05, 3.63) is 12.7 Å². The minimum Gasteiger partial charge on any atom is -1.00 e. The average Bonchev–Trinajstić information content (AvgIpc) is 2.00. The van der Waals surface area contributed by atoms with Gasteiger partial charge >= 0.3 is 29.6 Å². The van der Waals surface area contributed by atoms with Crippen molar-refractivity contribution in [2.24, 2.45) is 0 Å². The molecular weight excluding hydrogens is 205 g/mol. The van der Waals surface area contributed by atoms with Gasteiger partial charge in [0.15, 0.2) is 0 Å². The van der Waals surface area contributed by atoms with E-state index in [2.05, 4.69) is 10.9 Å². The molecule has 0 saturated heterocycles. The summed E-state index contributed by atoms with van der Waals surface area (Å²) in [4.78, 5) is 10.5. The molecule has 0 atom stereocenters. The fourth-order valence-corrected chi connectivity index (χ4v) is 0.628. The summed E-state index contributed by atoms with van der Waals surface area (Å²) in [6, 6.07) is 0. The Hall–Kier alpha value is 0.120. The third-order valence-corrected chi connectivity index (χ3v) is 2.49. The van der Waals surface area contributed by atoms with Crippen LogP contribution in [0.4, 0.5) is 0 Å². The standard InChI is InChI=1S/C6H11NO4S.Na.H/c1-4-6(8)7-11-12(9,10)5(2)3;;/h4-5H,1H2,2-3H3,(H,7,8);;/q;+1;-1. The molecule has 0 unspecified atom stereocenters. The zero-order valence-electron chi connectivity index (χ0n) is 8.90. The average molecular weight is 217 g/mol. The van der Waals surface area contributed by atoms with Crippen molar-refractivity contribution in [2.45, 2.75) is 19.1 Å². The Morgan fingerprint density at radius 3 is 2.38 bits per heavy atom. The Morgan fingerprint density at radius 1 is 1.62 bits per heavy atom. The first-order valence-corrected chi connectivity index (χ1v) is 4.72. The van der Waals surface area contributed by atoms with Gasteiger partial charge in [-0.2, -0.15) is 8.42 Å². The van der Waals surface area contributed by atoms with Gasteiger partial charge in [0.2, 0.25) is 0 Å². The van der Waals surface area contributed by atoms with Crippen molar-refractivity contribution in [1.82, 2.24) is 5.48 Å². The van der Waals surface area contributed by atoms with Gasteiger partial charge < -0.3 is 1.43 Å². The molecule has 0 rings (SSSR count). The van der Waals surface area contributed by atoms with Crippen LogP contribution < -0.4 is 35.0 Å². The van der Waals surface area contributed by atoms with E-state index < -0.39 is 21.3 Å². The number of amides is 1. The Labute approximate surface area is 101 Å². The monoisotopic (exact) mass is 217 g/mol. The summed E-state index contributed by atoms with van der Waals surface area (Å²) in [6.07, 6.45) is 0.913. The largest absolute Gasteiger partial charge is 1.00 e. The number of hydroxylamine groups is 1. The zero-order chi connectivity index (χ0) is 9.78. The van der Waals surface area contributed by atoms with Crippen molar-refractivity contribution in [1.29, 1.82) is 0 Å². The van der Waals surface area contributed by atoms with E-state index in [-0.39, 0.29) is 31.0 Å². The van der Waals surface area contributed by atoms with Crippen LogP contribution in [0.3, 0.4) is 0 Å². The van der Waals surface area contributed by atoms with E-state index >= 15 is 0 Å². The molecule has 0 spiro atoms. The molecule has 72 valence electrons. The second-order valence-electron chi connectivity index (χ2n) is 2.30. The maximum Gasteiger partial charge on any atom is 1.00 e. The molecule has 0 fully saturated rings. The molecule has 0 aliphatic heterocycles. The molecule has 0 aromatic heterocycles. The molecule has 7 heteroatoms. The van der Waals surface area contributed by atoms with Crippen molar-refractivity contribution < 1.29 is 48.5 Å². The van der Waals surface area contributed by atoms with Gasteiger partial charge in [-0.1, -0.05) is 6.58 Å². The topological polar surface area (TPSA) is 72.5 Å². The van der Waals surface area contributed by atoms with Crippen molar-refractivity contribution >= 4 is 16.0 Å². The quantitative estimate of drug-likeness (QED) is 0.311. The SMILES string of the molecule is C=CC(=O)NOS(=O)(=O)C(C)C.[H-].[Na+]. The molecule has 0 saturated carbocycles. The second-order valence-corrected chi connectivity index (χ2v) is 4.39. The third-order valence-electron chi connectivity index (χ3n) is 1.02. The molecule has 5 nitrogen and oxygen atoms in total. The van der Waals surface area contributed by atoms with Gasteiger partial charge in [0.25, 0.3) is 16.0 Å². The molecule has 0 aliphatic rings. The molecule has 0 aliphatic carbocycles. The van der Waals surface area contributed by atoms with Gasteiger partial charge in [-0.05, 0) is 19.9 Å². The van der Waals surface area contributed by atoms with Crippen LogP contribution in [-0.2, 0) is 19.2 Å². The minimum atomic E-state index is -3.68. The molecule has 0 radical (unpaired) electrons. The van der Waals surface area contributed by atoms with Crippen LogP contribution in [0.15, 0.2) is 12.7 Å². The summed E-state index contributed by atoms with van der Waals surface area (Å²) >= 11 is 0. The van der Waals surface area contributed by atoms with E-state index in [0.717, 1.165) is 6.08 Å². The van der Waals surface area contributed by atoms with Gasteiger partial charge in [-0.25, -0.2) is 5.48 Å². The predicted molar refractivity (Wildman–Crippen MR) is 44.6 cm³/mol. The van der Waals surface area contributed by atoms with E-state index in [1.807, 2.05) is 0 Å². The number of hydrogen-bond donors (Lipinski definition) is 1. The molecule has 0 heterocycles. The van der Waals surface area contributed by atoms with Crippen molar-refractivity contribution in [2.75, 3.05) is 0 Å². The zero-order valence-corrected chi connectivity index (χ0v) is 10.7. The number of carbonyl (C=O) groups is 1. The van der Waals surface area contributed by atoms with Gasteiger partial charge in [-0.15, -0.1) is 4.28 Å².